The molecule has 1 aromatic carbocycles. The first-order chi connectivity index (χ1) is 9.47. The number of rotatable bonds is 4. The zero-order valence-corrected chi connectivity index (χ0v) is 13.3. The monoisotopic (exact) mass is 358 g/mol. The van der Waals surface area contributed by atoms with Crippen molar-refractivity contribution in [3.05, 3.63) is 33.3 Å². The van der Waals surface area contributed by atoms with Crippen LogP contribution in [0.1, 0.15) is 36.0 Å². The maximum Gasteiger partial charge on any atom is 0.254 e. The summed E-state index contributed by atoms with van der Waals surface area (Å²) in [5.41, 5.74) is 5.74. The molecule has 0 saturated heterocycles. The topological polar surface area (TPSA) is 63.4 Å². The van der Waals surface area contributed by atoms with Crippen LogP contribution in [0, 0.1) is 0 Å². The number of nitrogens with two attached hydrogens (primary N) is 1. The number of benzene rings is 1. The summed E-state index contributed by atoms with van der Waals surface area (Å²) in [6.45, 7) is -0.0480. The second-order valence-electron chi connectivity index (χ2n) is 5.00. The first-order valence-corrected chi connectivity index (χ1v) is 7.70. The van der Waals surface area contributed by atoms with Crippen molar-refractivity contribution in [2.75, 3.05) is 6.54 Å². The minimum atomic E-state index is -0.494. The molecule has 0 heterocycles. The minimum Gasteiger partial charge on any atom is -0.368 e. The van der Waals surface area contributed by atoms with Crippen LogP contribution in [0.4, 0.5) is 0 Å². The predicted octanol–water partition coefficient (Wildman–Crippen LogP) is 2.97. The third-order valence-electron chi connectivity index (χ3n) is 3.46. The molecule has 2 amide bonds. The molecule has 108 valence electrons. The summed E-state index contributed by atoms with van der Waals surface area (Å²) in [5.74, 6) is -0.690. The molecule has 4 nitrogen and oxygen atoms in total. The average Bonchev–Trinajstić information content (AvgIpc) is 2.87. The summed E-state index contributed by atoms with van der Waals surface area (Å²) < 4.78 is 0.735. The molecule has 1 saturated carbocycles. The van der Waals surface area contributed by atoms with Crippen molar-refractivity contribution < 1.29 is 9.59 Å². The molecule has 0 unspecified atom stereocenters. The molecule has 0 atom stereocenters. The van der Waals surface area contributed by atoms with Crippen LogP contribution in [0.5, 0.6) is 0 Å². The summed E-state index contributed by atoms with van der Waals surface area (Å²) in [4.78, 5) is 25.4. The highest BCUT2D eigenvalue weighted by atomic mass is 79.9. The number of hydrogen-bond donors (Lipinski definition) is 1. The smallest absolute Gasteiger partial charge is 0.254 e. The van der Waals surface area contributed by atoms with Crippen LogP contribution in [0.3, 0.4) is 0 Å². The quantitative estimate of drug-likeness (QED) is 0.898. The van der Waals surface area contributed by atoms with Crippen LogP contribution in [-0.2, 0) is 4.79 Å². The molecule has 1 aliphatic carbocycles. The summed E-state index contributed by atoms with van der Waals surface area (Å²) in [6.07, 6.45) is 3.99. The van der Waals surface area contributed by atoms with Gasteiger partial charge in [0.15, 0.2) is 0 Å². The van der Waals surface area contributed by atoms with Crippen LogP contribution in [0.25, 0.3) is 0 Å². The van der Waals surface area contributed by atoms with Crippen molar-refractivity contribution >= 4 is 39.3 Å². The zero-order valence-electron chi connectivity index (χ0n) is 10.9. The highest BCUT2D eigenvalue weighted by molar-refractivity contribution is 9.10. The number of nitrogens with zero attached hydrogens (tertiary/aromatic N) is 1. The highest BCUT2D eigenvalue weighted by Crippen LogP contribution is 2.26. The third-order valence-corrected chi connectivity index (χ3v) is 4.14. The first kappa shape index (κ1) is 15.3. The lowest BCUT2D eigenvalue weighted by molar-refractivity contribution is -0.119. The zero-order chi connectivity index (χ0) is 14.7. The Balaban J connectivity index is 2.26. The number of carbonyl (C=O) groups is 2. The van der Waals surface area contributed by atoms with Crippen molar-refractivity contribution in [2.24, 2.45) is 5.73 Å². The van der Waals surface area contributed by atoms with Gasteiger partial charge in [-0.25, -0.2) is 0 Å². The van der Waals surface area contributed by atoms with Gasteiger partial charge in [-0.15, -0.1) is 0 Å². The Morgan fingerprint density at radius 1 is 1.30 bits per heavy atom. The number of halogens is 2. The Kier molecular flexibility index (Phi) is 5.05. The SMILES string of the molecule is NC(=O)CN(C(=O)c1cc(Cl)cc(Br)c1)C1CCCC1. The van der Waals surface area contributed by atoms with Gasteiger partial charge in [0.2, 0.25) is 5.91 Å². The lowest BCUT2D eigenvalue weighted by atomic mass is 10.1. The van der Waals surface area contributed by atoms with Crippen LogP contribution in [-0.4, -0.2) is 29.3 Å². The van der Waals surface area contributed by atoms with Gasteiger partial charge in [-0.05, 0) is 31.0 Å². The lowest BCUT2D eigenvalue weighted by Crippen LogP contribution is -2.44. The van der Waals surface area contributed by atoms with E-state index >= 15 is 0 Å². The van der Waals surface area contributed by atoms with Crippen molar-refractivity contribution in [1.29, 1.82) is 0 Å². The van der Waals surface area contributed by atoms with Gasteiger partial charge in [-0.2, -0.15) is 0 Å². The standard InChI is InChI=1S/C14H16BrClN2O2/c15-10-5-9(6-11(16)7-10)14(20)18(8-13(17)19)12-3-1-2-4-12/h5-7,12H,1-4,8H2,(H2,17,19). The second-order valence-corrected chi connectivity index (χ2v) is 6.35. The molecule has 0 aromatic heterocycles. The van der Waals surface area contributed by atoms with Gasteiger partial charge in [-0.1, -0.05) is 40.4 Å². The summed E-state index contributed by atoms with van der Waals surface area (Å²) in [5, 5.41) is 0.480. The van der Waals surface area contributed by atoms with Gasteiger partial charge in [0.25, 0.3) is 5.91 Å². The van der Waals surface area contributed by atoms with E-state index in [4.69, 9.17) is 17.3 Å². The van der Waals surface area contributed by atoms with Crippen molar-refractivity contribution in [3.8, 4) is 0 Å². The Morgan fingerprint density at radius 3 is 2.50 bits per heavy atom. The van der Waals surface area contributed by atoms with E-state index in [2.05, 4.69) is 15.9 Å². The third kappa shape index (κ3) is 3.73. The number of carbonyl (C=O) groups excluding carboxylic acids is 2. The Bertz CT molecular complexity index is 510. The molecule has 2 rings (SSSR count). The lowest BCUT2D eigenvalue weighted by Gasteiger charge is -2.28. The van der Waals surface area contributed by atoms with Crippen molar-refractivity contribution in [3.63, 3.8) is 0 Å². The minimum absolute atomic E-state index is 0.0480. The molecule has 1 fully saturated rings. The van der Waals surface area contributed by atoms with Crippen LogP contribution >= 0.6 is 27.5 Å². The molecule has 6 heteroatoms. The average molecular weight is 360 g/mol. The van der Waals surface area contributed by atoms with Crippen LogP contribution < -0.4 is 5.73 Å². The van der Waals surface area contributed by atoms with E-state index in [0.717, 1.165) is 30.2 Å². The number of amides is 2. The van der Waals surface area contributed by atoms with E-state index in [-0.39, 0.29) is 18.5 Å². The molecule has 2 N–H and O–H groups in total. The number of primary amides is 1. The fraction of sp³-hybridized carbons (Fsp3) is 0.429. The van der Waals surface area contributed by atoms with Gasteiger partial charge < -0.3 is 10.6 Å². The Labute approximate surface area is 131 Å². The van der Waals surface area contributed by atoms with E-state index in [0.29, 0.717) is 10.6 Å². The molecule has 0 spiro atoms. The largest absolute Gasteiger partial charge is 0.368 e. The second kappa shape index (κ2) is 6.59. The van der Waals surface area contributed by atoms with Crippen LogP contribution in [0.15, 0.2) is 22.7 Å². The van der Waals surface area contributed by atoms with Gasteiger partial charge in [0, 0.05) is 21.1 Å². The maximum atomic E-state index is 12.6. The Hall–Kier alpha value is -1.07. The van der Waals surface area contributed by atoms with Gasteiger partial charge in [-0.3, -0.25) is 9.59 Å². The van der Waals surface area contributed by atoms with Gasteiger partial charge in [0.05, 0.1) is 6.54 Å². The summed E-state index contributed by atoms with van der Waals surface area (Å²) >= 11 is 9.29. The highest BCUT2D eigenvalue weighted by Gasteiger charge is 2.28. The van der Waals surface area contributed by atoms with E-state index in [1.54, 1.807) is 23.1 Å². The van der Waals surface area contributed by atoms with E-state index in [1.807, 2.05) is 0 Å². The Morgan fingerprint density at radius 2 is 1.95 bits per heavy atom. The fourth-order valence-corrected chi connectivity index (χ4v) is 3.45. The number of hydrogen-bond acceptors (Lipinski definition) is 2. The van der Waals surface area contributed by atoms with E-state index in [1.165, 1.54) is 0 Å². The van der Waals surface area contributed by atoms with Crippen molar-refractivity contribution in [2.45, 2.75) is 31.7 Å². The molecule has 0 aliphatic heterocycles. The molecular weight excluding hydrogens is 344 g/mol. The van der Waals surface area contributed by atoms with Gasteiger partial charge in [0.1, 0.15) is 0 Å². The normalized spacial score (nSPS) is 15.3. The molecule has 1 aromatic rings. The maximum absolute atomic E-state index is 12.6. The van der Waals surface area contributed by atoms with Gasteiger partial charge >= 0.3 is 0 Å². The fourth-order valence-electron chi connectivity index (χ4n) is 2.59. The molecule has 1 aliphatic rings. The van der Waals surface area contributed by atoms with Crippen LogP contribution in [0.2, 0.25) is 5.02 Å². The first-order valence-electron chi connectivity index (χ1n) is 6.53. The van der Waals surface area contributed by atoms with Crippen molar-refractivity contribution in [1.82, 2.24) is 4.90 Å². The molecule has 0 bridgehead atoms. The molecule has 0 radical (unpaired) electrons. The van der Waals surface area contributed by atoms with E-state index < -0.39 is 5.91 Å². The summed E-state index contributed by atoms with van der Waals surface area (Å²) in [7, 11) is 0. The molecular formula is C14H16BrClN2O2. The predicted molar refractivity (Wildman–Crippen MR) is 81.6 cm³/mol. The molecule has 20 heavy (non-hydrogen) atoms. The summed E-state index contributed by atoms with van der Waals surface area (Å²) in [6, 6.07) is 5.12. The van der Waals surface area contributed by atoms with E-state index in [9.17, 15) is 9.59 Å².